The zero-order chi connectivity index (χ0) is 13.2. The van der Waals surface area contributed by atoms with E-state index in [1.165, 1.54) is 25.8 Å². The van der Waals surface area contributed by atoms with E-state index in [0.717, 1.165) is 19.6 Å². The first-order valence-electron chi connectivity index (χ1n) is 6.89. The fourth-order valence-electron chi connectivity index (χ4n) is 3.06. The van der Waals surface area contributed by atoms with Gasteiger partial charge in [0, 0.05) is 37.4 Å². The number of carbonyl (C=O) groups excluding carboxylic acids is 1. The van der Waals surface area contributed by atoms with Gasteiger partial charge in [0.25, 0.3) is 5.91 Å². The number of rotatable bonds is 1. The van der Waals surface area contributed by atoms with Gasteiger partial charge in [0.05, 0.1) is 0 Å². The lowest BCUT2D eigenvalue weighted by atomic mass is 9.99. The number of piperidine rings is 1. The van der Waals surface area contributed by atoms with Crippen molar-refractivity contribution in [3.05, 3.63) is 29.0 Å². The summed E-state index contributed by atoms with van der Waals surface area (Å²) in [5, 5.41) is 0.377. The van der Waals surface area contributed by atoms with Crippen LogP contribution in [0.25, 0.3) is 0 Å². The Morgan fingerprint density at radius 1 is 1.32 bits per heavy atom. The molecule has 102 valence electrons. The smallest absolute Gasteiger partial charge is 0.254 e. The number of fused-ring (bicyclic) bond motifs is 1. The number of amides is 1. The summed E-state index contributed by atoms with van der Waals surface area (Å²) in [7, 11) is 0. The van der Waals surface area contributed by atoms with Crippen LogP contribution in [0.5, 0.6) is 0 Å². The molecule has 0 aromatic carbocycles. The average molecular weight is 280 g/mol. The van der Waals surface area contributed by atoms with Gasteiger partial charge >= 0.3 is 0 Å². The van der Waals surface area contributed by atoms with Crippen molar-refractivity contribution in [3.63, 3.8) is 0 Å². The van der Waals surface area contributed by atoms with Crippen LogP contribution in [0.3, 0.4) is 0 Å². The Kier molecular flexibility index (Phi) is 3.71. The molecule has 3 rings (SSSR count). The monoisotopic (exact) mass is 279 g/mol. The first-order chi connectivity index (χ1) is 9.24. The third-order valence-electron chi connectivity index (χ3n) is 4.10. The predicted molar refractivity (Wildman–Crippen MR) is 74.4 cm³/mol. The van der Waals surface area contributed by atoms with E-state index in [-0.39, 0.29) is 5.91 Å². The first-order valence-corrected chi connectivity index (χ1v) is 7.27. The number of nitrogens with zero attached hydrogens (tertiary/aromatic N) is 3. The normalized spacial score (nSPS) is 24.1. The molecule has 0 unspecified atom stereocenters. The maximum Gasteiger partial charge on any atom is 0.254 e. The Morgan fingerprint density at radius 2 is 2.21 bits per heavy atom. The maximum absolute atomic E-state index is 12.4. The van der Waals surface area contributed by atoms with Gasteiger partial charge in [-0.05, 0) is 31.5 Å². The van der Waals surface area contributed by atoms with Gasteiger partial charge in [-0.2, -0.15) is 0 Å². The molecule has 2 aliphatic rings. The molecule has 2 saturated heterocycles. The molecule has 3 heterocycles. The van der Waals surface area contributed by atoms with Crippen molar-refractivity contribution in [1.82, 2.24) is 14.8 Å². The lowest BCUT2D eigenvalue weighted by Crippen LogP contribution is -2.56. The van der Waals surface area contributed by atoms with Gasteiger partial charge < -0.3 is 4.90 Å². The Bertz CT molecular complexity index is 480. The molecule has 0 N–H and O–H groups in total. The molecular weight excluding hydrogens is 262 g/mol. The molecule has 0 bridgehead atoms. The second-order valence-corrected chi connectivity index (χ2v) is 5.69. The number of halogens is 1. The highest BCUT2D eigenvalue weighted by atomic mass is 35.5. The summed E-state index contributed by atoms with van der Waals surface area (Å²) >= 11 is 5.85. The lowest BCUT2D eigenvalue weighted by Gasteiger charge is -2.44. The molecule has 2 fully saturated rings. The number of aromatic nitrogens is 1. The molecule has 1 aromatic rings. The largest absolute Gasteiger partial charge is 0.336 e. The fourth-order valence-corrected chi connectivity index (χ4v) is 3.23. The molecule has 0 saturated carbocycles. The van der Waals surface area contributed by atoms with Gasteiger partial charge in [-0.25, -0.2) is 4.98 Å². The SMILES string of the molecule is O=C(c1ccnc(Cl)c1)N1CCN2CCCC[C@@H]2C1. The molecule has 0 radical (unpaired) electrons. The minimum absolute atomic E-state index is 0.0783. The third kappa shape index (κ3) is 2.74. The van der Waals surface area contributed by atoms with E-state index in [0.29, 0.717) is 16.8 Å². The van der Waals surface area contributed by atoms with E-state index in [1.54, 1.807) is 18.3 Å². The van der Waals surface area contributed by atoms with E-state index in [2.05, 4.69) is 9.88 Å². The highest BCUT2D eigenvalue weighted by Crippen LogP contribution is 2.22. The van der Waals surface area contributed by atoms with Gasteiger partial charge in [-0.1, -0.05) is 18.0 Å². The summed E-state index contributed by atoms with van der Waals surface area (Å²) in [6, 6.07) is 3.93. The average Bonchev–Trinajstić information content (AvgIpc) is 2.46. The summed E-state index contributed by atoms with van der Waals surface area (Å²) < 4.78 is 0. The molecule has 19 heavy (non-hydrogen) atoms. The maximum atomic E-state index is 12.4. The fraction of sp³-hybridized carbons (Fsp3) is 0.571. The van der Waals surface area contributed by atoms with Crippen LogP contribution in [0, 0.1) is 0 Å². The van der Waals surface area contributed by atoms with Crippen molar-refractivity contribution >= 4 is 17.5 Å². The summed E-state index contributed by atoms with van der Waals surface area (Å²) in [6.45, 7) is 3.84. The number of carbonyl (C=O) groups is 1. The van der Waals surface area contributed by atoms with Gasteiger partial charge in [0.15, 0.2) is 0 Å². The molecule has 1 aromatic heterocycles. The van der Waals surface area contributed by atoms with Gasteiger partial charge in [0.1, 0.15) is 5.15 Å². The molecule has 2 aliphatic heterocycles. The molecule has 0 aliphatic carbocycles. The van der Waals surface area contributed by atoms with Crippen molar-refractivity contribution in [1.29, 1.82) is 0 Å². The Morgan fingerprint density at radius 3 is 3.05 bits per heavy atom. The lowest BCUT2D eigenvalue weighted by molar-refractivity contribution is 0.0372. The van der Waals surface area contributed by atoms with E-state index < -0.39 is 0 Å². The van der Waals surface area contributed by atoms with Crippen molar-refractivity contribution in [3.8, 4) is 0 Å². The number of hydrogen-bond acceptors (Lipinski definition) is 3. The predicted octanol–water partition coefficient (Wildman–Crippen LogP) is 2.05. The van der Waals surface area contributed by atoms with Crippen molar-refractivity contribution in [2.45, 2.75) is 25.3 Å². The van der Waals surface area contributed by atoms with Crippen LogP contribution in [0.2, 0.25) is 5.15 Å². The zero-order valence-corrected chi connectivity index (χ0v) is 11.6. The molecule has 4 nitrogen and oxygen atoms in total. The molecular formula is C14H18ClN3O. The highest BCUT2D eigenvalue weighted by molar-refractivity contribution is 6.29. The summed E-state index contributed by atoms with van der Waals surface area (Å²) in [5.41, 5.74) is 0.643. The molecule has 5 heteroatoms. The van der Waals surface area contributed by atoms with Crippen LogP contribution < -0.4 is 0 Å². The topological polar surface area (TPSA) is 36.4 Å². The first kappa shape index (κ1) is 12.9. The summed E-state index contributed by atoms with van der Waals surface area (Å²) in [5.74, 6) is 0.0783. The molecule has 1 amide bonds. The molecule has 1 atom stereocenters. The minimum Gasteiger partial charge on any atom is -0.336 e. The Labute approximate surface area is 118 Å². The van der Waals surface area contributed by atoms with Crippen LogP contribution in [-0.2, 0) is 0 Å². The van der Waals surface area contributed by atoms with Crippen molar-refractivity contribution in [2.75, 3.05) is 26.2 Å². The summed E-state index contributed by atoms with van der Waals surface area (Å²) in [4.78, 5) is 20.8. The third-order valence-corrected chi connectivity index (χ3v) is 4.30. The Balaban J connectivity index is 1.71. The van der Waals surface area contributed by atoms with Gasteiger partial charge in [0.2, 0.25) is 0 Å². The minimum atomic E-state index is 0.0783. The van der Waals surface area contributed by atoms with Crippen molar-refractivity contribution in [2.24, 2.45) is 0 Å². The van der Waals surface area contributed by atoms with E-state index in [9.17, 15) is 4.79 Å². The number of hydrogen-bond donors (Lipinski definition) is 0. The van der Waals surface area contributed by atoms with Crippen LogP contribution in [0.15, 0.2) is 18.3 Å². The van der Waals surface area contributed by atoms with Crippen molar-refractivity contribution < 1.29 is 4.79 Å². The second kappa shape index (κ2) is 5.47. The second-order valence-electron chi connectivity index (χ2n) is 5.30. The van der Waals surface area contributed by atoms with Crippen LogP contribution in [0.4, 0.5) is 0 Å². The Hall–Kier alpha value is -1.13. The van der Waals surface area contributed by atoms with Gasteiger partial charge in [-0.3, -0.25) is 9.69 Å². The van der Waals surface area contributed by atoms with Crippen LogP contribution in [-0.4, -0.2) is 52.9 Å². The highest BCUT2D eigenvalue weighted by Gasteiger charge is 2.31. The molecule has 0 spiro atoms. The quantitative estimate of drug-likeness (QED) is 0.738. The van der Waals surface area contributed by atoms with E-state index >= 15 is 0 Å². The van der Waals surface area contributed by atoms with Crippen LogP contribution >= 0.6 is 11.6 Å². The number of piperazine rings is 1. The van der Waals surface area contributed by atoms with Crippen LogP contribution in [0.1, 0.15) is 29.6 Å². The summed E-state index contributed by atoms with van der Waals surface area (Å²) in [6.07, 6.45) is 5.38. The standard InChI is InChI=1S/C14H18ClN3O/c15-13-9-11(4-5-16-13)14(19)18-8-7-17-6-2-1-3-12(17)10-18/h4-5,9,12H,1-3,6-8,10H2/t12-/m1/s1. The van der Waals surface area contributed by atoms with E-state index in [4.69, 9.17) is 11.6 Å². The van der Waals surface area contributed by atoms with E-state index in [1.807, 2.05) is 4.90 Å². The number of pyridine rings is 1. The zero-order valence-electron chi connectivity index (χ0n) is 10.9. The van der Waals surface area contributed by atoms with Gasteiger partial charge in [-0.15, -0.1) is 0 Å².